The molecule has 0 aliphatic heterocycles. The number of halogens is 1. The highest BCUT2D eigenvalue weighted by molar-refractivity contribution is 9.10. The van der Waals surface area contributed by atoms with Crippen LogP contribution < -0.4 is 5.56 Å². The van der Waals surface area contributed by atoms with Crippen molar-refractivity contribution in [3.63, 3.8) is 0 Å². The standard InChI is InChI=1S/C27H19BrN2O/c1-18-17-21(14-15-24(18)28)30-26(29-25-12-5-4-11-23(25)27(30)31)16-13-20-9-6-8-19-7-2-3-10-22(19)20/h2-17H,1H3. The molecule has 5 aromatic rings. The number of para-hydroxylation sites is 1. The summed E-state index contributed by atoms with van der Waals surface area (Å²) in [5, 5.41) is 2.94. The molecule has 0 fully saturated rings. The van der Waals surface area contributed by atoms with Crippen molar-refractivity contribution in [2.45, 2.75) is 6.92 Å². The van der Waals surface area contributed by atoms with Crippen LogP contribution in [0.15, 0.2) is 94.2 Å². The van der Waals surface area contributed by atoms with Crippen LogP contribution in [0.3, 0.4) is 0 Å². The summed E-state index contributed by atoms with van der Waals surface area (Å²) < 4.78 is 2.69. The summed E-state index contributed by atoms with van der Waals surface area (Å²) in [7, 11) is 0. The van der Waals surface area contributed by atoms with Crippen molar-refractivity contribution in [2.24, 2.45) is 0 Å². The van der Waals surface area contributed by atoms with Crippen molar-refractivity contribution in [3.8, 4) is 5.69 Å². The molecule has 0 saturated heterocycles. The fourth-order valence-corrected chi connectivity index (χ4v) is 4.09. The summed E-state index contributed by atoms with van der Waals surface area (Å²) in [6.45, 7) is 2.01. The molecule has 5 rings (SSSR count). The van der Waals surface area contributed by atoms with Gasteiger partial charge in [-0.15, -0.1) is 0 Å². The summed E-state index contributed by atoms with van der Waals surface area (Å²) in [5.41, 5.74) is 3.54. The number of rotatable bonds is 3. The van der Waals surface area contributed by atoms with E-state index >= 15 is 0 Å². The SMILES string of the molecule is Cc1cc(-n2c(C=Cc3cccc4ccccc34)nc3ccccc3c2=O)ccc1Br. The van der Waals surface area contributed by atoms with Gasteiger partial charge in [0, 0.05) is 4.47 Å². The first-order valence-corrected chi connectivity index (χ1v) is 10.9. The molecule has 1 heterocycles. The van der Waals surface area contributed by atoms with Gasteiger partial charge in [-0.05, 0) is 65.2 Å². The fourth-order valence-electron chi connectivity index (χ4n) is 3.84. The molecule has 3 nitrogen and oxygen atoms in total. The predicted molar refractivity (Wildman–Crippen MR) is 133 cm³/mol. The van der Waals surface area contributed by atoms with Crippen LogP contribution in [0.4, 0.5) is 0 Å². The molecule has 0 radical (unpaired) electrons. The average molecular weight is 467 g/mol. The summed E-state index contributed by atoms with van der Waals surface area (Å²) in [5.74, 6) is 0.596. The second-order valence-electron chi connectivity index (χ2n) is 7.46. The molecular formula is C27H19BrN2O. The highest BCUT2D eigenvalue weighted by atomic mass is 79.9. The summed E-state index contributed by atoms with van der Waals surface area (Å²) in [6.07, 6.45) is 3.95. The molecule has 0 N–H and O–H groups in total. The molecule has 0 aliphatic carbocycles. The van der Waals surface area contributed by atoms with E-state index in [1.807, 2.05) is 79.7 Å². The largest absolute Gasteiger partial charge is 0.268 e. The van der Waals surface area contributed by atoms with Crippen molar-refractivity contribution in [1.29, 1.82) is 0 Å². The van der Waals surface area contributed by atoms with Crippen LogP contribution in [0, 0.1) is 6.92 Å². The summed E-state index contributed by atoms with van der Waals surface area (Å²) >= 11 is 3.55. The number of fused-ring (bicyclic) bond motifs is 2. The maximum absolute atomic E-state index is 13.4. The number of benzene rings is 4. The van der Waals surface area contributed by atoms with E-state index < -0.39 is 0 Å². The van der Waals surface area contributed by atoms with Gasteiger partial charge in [0.2, 0.25) is 0 Å². The molecule has 0 unspecified atom stereocenters. The van der Waals surface area contributed by atoms with E-state index in [-0.39, 0.29) is 5.56 Å². The zero-order valence-corrected chi connectivity index (χ0v) is 18.5. The number of aromatic nitrogens is 2. The summed E-state index contributed by atoms with van der Waals surface area (Å²) in [6, 6.07) is 27.9. The first-order chi connectivity index (χ1) is 15.1. The number of aryl methyl sites for hydroxylation is 1. The number of nitrogens with zero attached hydrogens (tertiary/aromatic N) is 2. The van der Waals surface area contributed by atoms with Crippen molar-refractivity contribution < 1.29 is 0 Å². The molecule has 1 aromatic heterocycles. The lowest BCUT2D eigenvalue weighted by molar-refractivity contribution is 0.941. The average Bonchev–Trinajstić information content (AvgIpc) is 2.80. The van der Waals surface area contributed by atoms with Crippen LogP contribution in [0.2, 0.25) is 0 Å². The third-order valence-electron chi connectivity index (χ3n) is 5.44. The number of hydrogen-bond donors (Lipinski definition) is 0. The third-order valence-corrected chi connectivity index (χ3v) is 6.33. The smallest absolute Gasteiger partial charge is 0.266 e. The lowest BCUT2D eigenvalue weighted by Crippen LogP contribution is -2.22. The van der Waals surface area contributed by atoms with Gasteiger partial charge in [-0.1, -0.05) is 76.6 Å². The maximum atomic E-state index is 13.4. The van der Waals surface area contributed by atoms with Crippen LogP contribution >= 0.6 is 15.9 Å². The Bertz CT molecular complexity index is 1530. The highest BCUT2D eigenvalue weighted by Crippen LogP contribution is 2.23. The monoisotopic (exact) mass is 466 g/mol. The molecule has 0 bridgehead atoms. The van der Waals surface area contributed by atoms with Crippen LogP contribution in [-0.2, 0) is 0 Å². The molecule has 0 amide bonds. The Morgan fingerprint density at radius 2 is 1.58 bits per heavy atom. The van der Waals surface area contributed by atoms with Gasteiger partial charge in [0.05, 0.1) is 16.6 Å². The minimum Gasteiger partial charge on any atom is -0.268 e. The molecule has 0 atom stereocenters. The Morgan fingerprint density at radius 3 is 2.42 bits per heavy atom. The van der Waals surface area contributed by atoms with Gasteiger partial charge in [0.15, 0.2) is 0 Å². The van der Waals surface area contributed by atoms with Crippen LogP contribution in [0.1, 0.15) is 17.0 Å². The van der Waals surface area contributed by atoms with Gasteiger partial charge in [-0.25, -0.2) is 4.98 Å². The predicted octanol–water partition coefficient (Wildman–Crippen LogP) is 6.78. The first kappa shape index (κ1) is 19.5. The minimum absolute atomic E-state index is 0.0788. The topological polar surface area (TPSA) is 34.9 Å². The van der Waals surface area contributed by atoms with Gasteiger partial charge >= 0.3 is 0 Å². The van der Waals surface area contributed by atoms with Crippen LogP contribution in [-0.4, -0.2) is 9.55 Å². The molecular weight excluding hydrogens is 448 g/mol. The van der Waals surface area contributed by atoms with Crippen molar-refractivity contribution in [3.05, 3.63) is 117 Å². The Hall–Kier alpha value is -3.50. The van der Waals surface area contributed by atoms with Crippen LogP contribution in [0.5, 0.6) is 0 Å². The lowest BCUT2D eigenvalue weighted by atomic mass is 10.0. The van der Waals surface area contributed by atoms with Crippen molar-refractivity contribution in [2.75, 3.05) is 0 Å². The second kappa shape index (κ2) is 7.97. The Morgan fingerprint density at radius 1 is 0.839 bits per heavy atom. The van der Waals surface area contributed by atoms with E-state index in [0.717, 1.165) is 26.7 Å². The summed E-state index contributed by atoms with van der Waals surface area (Å²) in [4.78, 5) is 18.3. The van der Waals surface area contributed by atoms with E-state index in [2.05, 4.69) is 40.2 Å². The highest BCUT2D eigenvalue weighted by Gasteiger charge is 2.12. The first-order valence-electron chi connectivity index (χ1n) is 10.1. The second-order valence-corrected chi connectivity index (χ2v) is 8.32. The molecule has 150 valence electrons. The zero-order chi connectivity index (χ0) is 21.4. The van der Waals surface area contributed by atoms with E-state index in [9.17, 15) is 4.79 Å². The van der Waals surface area contributed by atoms with Gasteiger partial charge in [0.1, 0.15) is 5.82 Å². The molecule has 31 heavy (non-hydrogen) atoms. The Balaban J connectivity index is 1.74. The van der Waals surface area contributed by atoms with Crippen molar-refractivity contribution >= 4 is 49.8 Å². The number of hydrogen-bond acceptors (Lipinski definition) is 2. The zero-order valence-electron chi connectivity index (χ0n) is 16.9. The molecule has 0 aliphatic rings. The fraction of sp³-hybridized carbons (Fsp3) is 0.0370. The molecule has 4 aromatic carbocycles. The van der Waals surface area contributed by atoms with E-state index in [1.165, 1.54) is 5.39 Å². The Labute approximate surface area is 188 Å². The van der Waals surface area contributed by atoms with Gasteiger partial charge in [-0.3, -0.25) is 9.36 Å². The Kier molecular flexibility index (Phi) is 5.00. The minimum atomic E-state index is -0.0788. The lowest BCUT2D eigenvalue weighted by Gasteiger charge is -2.13. The van der Waals surface area contributed by atoms with E-state index in [0.29, 0.717) is 16.7 Å². The third kappa shape index (κ3) is 3.60. The quantitative estimate of drug-likeness (QED) is 0.293. The van der Waals surface area contributed by atoms with E-state index in [1.54, 1.807) is 4.57 Å². The van der Waals surface area contributed by atoms with Crippen molar-refractivity contribution in [1.82, 2.24) is 9.55 Å². The molecule has 0 saturated carbocycles. The van der Waals surface area contributed by atoms with Gasteiger partial charge in [-0.2, -0.15) is 0 Å². The molecule has 0 spiro atoms. The normalized spacial score (nSPS) is 11.5. The van der Waals surface area contributed by atoms with E-state index in [4.69, 9.17) is 4.98 Å². The van der Waals surface area contributed by atoms with Gasteiger partial charge < -0.3 is 0 Å². The molecule has 4 heteroatoms. The van der Waals surface area contributed by atoms with Crippen LogP contribution in [0.25, 0.3) is 39.5 Å². The van der Waals surface area contributed by atoms with Gasteiger partial charge in [0.25, 0.3) is 5.56 Å². The maximum Gasteiger partial charge on any atom is 0.266 e.